The van der Waals surface area contributed by atoms with Crippen molar-refractivity contribution in [1.29, 1.82) is 0 Å². The lowest BCUT2D eigenvalue weighted by molar-refractivity contribution is 0.0987. The second kappa shape index (κ2) is 9.85. The minimum atomic E-state index is 0.147. The molecule has 0 aliphatic carbocycles. The fraction of sp³-hybridized carbons (Fsp3) is 0.500. The van der Waals surface area contributed by atoms with Gasteiger partial charge in [0, 0.05) is 18.5 Å². The van der Waals surface area contributed by atoms with E-state index < -0.39 is 0 Å². The van der Waals surface area contributed by atoms with Crippen LogP contribution in [0.25, 0.3) is 0 Å². The van der Waals surface area contributed by atoms with Gasteiger partial charge in [-0.2, -0.15) is 0 Å². The zero-order valence-electron chi connectivity index (χ0n) is 11.2. The number of rotatable bonds is 6. The molecule has 0 radical (unpaired) electrons. The molecule has 1 rings (SSSR count). The molecular weight excluding hydrogens is 214 g/mol. The van der Waals surface area contributed by atoms with Crippen LogP contribution in [0.2, 0.25) is 0 Å². The van der Waals surface area contributed by atoms with Crippen LogP contribution in [-0.4, -0.2) is 26.0 Å². The summed E-state index contributed by atoms with van der Waals surface area (Å²) >= 11 is 0. The average molecular weight is 237 g/mol. The molecule has 3 heteroatoms. The van der Waals surface area contributed by atoms with Crippen molar-refractivity contribution in [3.63, 3.8) is 0 Å². The second-order valence-corrected chi connectivity index (χ2v) is 3.26. The molecule has 0 unspecified atom stereocenters. The fourth-order valence-corrected chi connectivity index (χ4v) is 1.23. The third-order valence-electron chi connectivity index (χ3n) is 2.10. The van der Waals surface area contributed by atoms with Gasteiger partial charge >= 0.3 is 0 Å². The third kappa shape index (κ3) is 6.07. The van der Waals surface area contributed by atoms with Gasteiger partial charge in [0.05, 0.1) is 0 Å². The van der Waals surface area contributed by atoms with Crippen molar-refractivity contribution in [1.82, 2.24) is 5.32 Å². The maximum absolute atomic E-state index is 11.4. The van der Waals surface area contributed by atoms with Crippen molar-refractivity contribution in [2.75, 3.05) is 20.2 Å². The van der Waals surface area contributed by atoms with Crippen molar-refractivity contribution in [3.8, 4) is 5.75 Å². The summed E-state index contributed by atoms with van der Waals surface area (Å²) in [7, 11) is 1.88. The van der Waals surface area contributed by atoms with Crippen LogP contribution < -0.4 is 10.1 Å². The summed E-state index contributed by atoms with van der Waals surface area (Å²) in [4.78, 5) is 11.4. The predicted octanol–water partition coefficient (Wildman–Crippen LogP) is 2.90. The van der Waals surface area contributed by atoms with Crippen LogP contribution in [0.3, 0.4) is 0 Å². The van der Waals surface area contributed by atoms with E-state index in [2.05, 4.69) is 5.32 Å². The van der Waals surface area contributed by atoms with Gasteiger partial charge in [0.25, 0.3) is 0 Å². The Labute approximate surface area is 104 Å². The number of Topliss-reactive ketones (excluding diaryl/α,β-unsaturated/α-hetero) is 1. The normalized spacial score (nSPS) is 9.18. The van der Waals surface area contributed by atoms with Gasteiger partial charge in [0.15, 0.2) is 5.78 Å². The number of benzene rings is 1. The number of hydrogen-bond acceptors (Lipinski definition) is 3. The summed E-state index contributed by atoms with van der Waals surface area (Å²) in [5.74, 6) is 0.901. The van der Waals surface area contributed by atoms with Gasteiger partial charge in [-0.3, -0.25) is 4.79 Å². The lowest BCUT2D eigenvalue weighted by Gasteiger charge is -2.06. The van der Waals surface area contributed by atoms with E-state index >= 15 is 0 Å². The van der Waals surface area contributed by atoms with Crippen molar-refractivity contribution >= 4 is 5.78 Å². The number of carbonyl (C=O) groups excluding carboxylic acids is 1. The topological polar surface area (TPSA) is 38.3 Å². The molecule has 0 fully saturated rings. The SMILES string of the molecule is CC.CCC(=O)c1cccc(OCCNC)c1. The van der Waals surface area contributed by atoms with Crippen LogP contribution in [0.4, 0.5) is 0 Å². The highest BCUT2D eigenvalue weighted by Crippen LogP contribution is 2.14. The monoisotopic (exact) mass is 237 g/mol. The Kier molecular flexibility index (Phi) is 9.06. The first-order valence-corrected chi connectivity index (χ1v) is 6.18. The van der Waals surface area contributed by atoms with E-state index in [9.17, 15) is 4.79 Å². The number of ketones is 1. The molecule has 0 saturated carbocycles. The number of likely N-dealkylation sites (N-methyl/N-ethyl adjacent to an activating group) is 1. The van der Waals surface area contributed by atoms with Crippen LogP contribution >= 0.6 is 0 Å². The predicted molar refractivity (Wildman–Crippen MR) is 71.8 cm³/mol. The Morgan fingerprint density at radius 3 is 2.65 bits per heavy atom. The second-order valence-electron chi connectivity index (χ2n) is 3.26. The summed E-state index contributed by atoms with van der Waals surface area (Å²) in [6.07, 6.45) is 0.528. The maximum Gasteiger partial charge on any atom is 0.162 e. The molecule has 0 aliphatic rings. The number of nitrogens with one attached hydrogen (secondary N) is 1. The zero-order chi connectivity index (χ0) is 13.1. The first-order chi connectivity index (χ1) is 8.27. The molecule has 0 heterocycles. The van der Waals surface area contributed by atoms with Gasteiger partial charge in [-0.25, -0.2) is 0 Å². The van der Waals surface area contributed by atoms with Gasteiger partial charge < -0.3 is 10.1 Å². The van der Waals surface area contributed by atoms with Crippen molar-refractivity contribution in [3.05, 3.63) is 29.8 Å². The van der Waals surface area contributed by atoms with E-state index in [0.29, 0.717) is 13.0 Å². The molecule has 1 N–H and O–H groups in total. The van der Waals surface area contributed by atoms with Gasteiger partial charge in [0.1, 0.15) is 12.4 Å². The lowest BCUT2D eigenvalue weighted by atomic mass is 10.1. The molecule has 0 aromatic heterocycles. The molecule has 0 aliphatic heterocycles. The molecule has 0 amide bonds. The summed E-state index contributed by atoms with van der Waals surface area (Å²) in [5.41, 5.74) is 0.722. The lowest BCUT2D eigenvalue weighted by Crippen LogP contribution is -2.16. The third-order valence-corrected chi connectivity index (χ3v) is 2.10. The van der Waals surface area contributed by atoms with Gasteiger partial charge in [-0.15, -0.1) is 0 Å². The summed E-state index contributed by atoms with van der Waals surface area (Å²) in [6, 6.07) is 7.32. The smallest absolute Gasteiger partial charge is 0.162 e. The molecule has 0 spiro atoms. The average Bonchev–Trinajstić information content (AvgIpc) is 2.41. The minimum absolute atomic E-state index is 0.147. The molecule has 0 atom stereocenters. The quantitative estimate of drug-likeness (QED) is 0.610. The van der Waals surface area contributed by atoms with Gasteiger partial charge in [-0.05, 0) is 19.2 Å². The highest BCUT2D eigenvalue weighted by atomic mass is 16.5. The van der Waals surface area contributed by atoms with E-state index in [4.69, 9.17) is 4.74 Å². The van der Waals surface area contributed by atoms with Crippen LogP contribution in [0.15, 0.2) is 24.3 Å². The first kappa shape index (κ1) is 15.7. The Balaban J connectivity index is 0.00000121. The molecule has 0 saturated heterocycles. The van der Waals surface area contributed by atoms with E-state index in [1.165, 1.54) is 0 Å². The molecule has 0 bridgehead atoms. The molecule has 17 heavy (non-hydrogen) atoms. The van der Waals surface area contributed by atoms with Crippen molar-refractivity contribution < 1.29 is 9.53 Å². The van der Waals surface area contributed by atoms with Crippen LogP contribution in [0, 0.1) is 0 Å². The highest BCUT2D eigenvalue weighted by molar-refractivity contribution is 5.96. The Morgan fingerprint density at radius 1 is 1.35 bits per heavy atom. The molecule has 96 valence electrons. The van der Waals surface area contributed by atoms with Crippen molar-refractivity contribution in [2.45, 2.75) is 27.2 Å². The largest absolute Gasteiger partial charge is 0.492 e. The number of carbonyl (C=O) groups is 1. The molecule has 1 aromatic rings. The Hall–Kier alpha value is -1.35. The summed E-state index contributed by atoms with van der Waals surface area (Å²) in [5, 5.41) is 2.99. The van der Waals surface area contributed by atoms with Gasteiger partial charge in [-0.1, -0.05) is 32.9 Å². The Morgan fingerprint density at radius 2 is 2.06 bits per heavy atom. The first-order valence-electron chi connectivity index (χ1n) is 6.18. The maximum atomic E-state index is 11.4. The summed E-state index contributed by atoms with van der Waals surface area (Å²) in [6.45, 7) is 7.27. The standard InChI is InChI=1S/C12H17NO2.C2H6/c1-3-12(14)10-5-4-6-11(9-10)15-8-7-13-2;1-2/h4-6,9,13H,3,7-8H2,1-2H3;1-2H3. The fourth-order valence-electron chi connectivity index (χ4n) is 1.23. The highest BCUT2D eigenvalue weighted by Gasteiger charge is 2.03. The number of ether oxygens (including phenoxy) is 1. The van der Waals surface area contributed by atoms with E-state index in [0.717, 1.165) is 17.9 Å². The van der Waals surface area contributed by atoms with Crippen LogP contribution in [0.5, 0.6) is 5.75 Å². The summed E-state index contributed by atoms with van der Waals surface area (Å²) < 4.78 is 5.47. The van der Waals surface area contributed by atoms with Crippen molar-refractivity contribution in [2.24, 2.45) is 0 Å². The minimum Gasteiger partial charge on any atom is -0.492 e. The molecule has 1 aromatic carbocycles. The molecular formula is C14H23NO2. The van der Waals surface area contributed by atoms with Crippen LogP contribution in [0.1, 0.15) is 37.6 Å². The van der Waals surface area contributed by atoms with E-state index in [1.54, 1.807) is 6.07 Å². The van der Waals surface area contributed by atoms with E-state index in [1.807, 2.05) is 46.0 Å². The zero-order valence-corrected chi connectivity index (χ0v) is 11.2. The number of hydrogen-bond donors (Lipinski definition) is 1. The molecule has 3 nitrogen and oxygen atoms in total. The Bertz CT molecular complexity index is 324. The van der Waals surface area contributed by atoms with E-state index in [-0.39, 0.29) is 5.78 Å². The van der Waals surface area contributed by atoms with Crippen LogP contribution in [-0.2, 0) is 0 Å². The van der Waals surface area contributed by atoms with Gasteiger partial charge in [0.2, 0.25) is 0 Å².